The first-order valence-electron chi connectivity index (χ1n) is 12.8. The van der Waals surface area contributed by atoms with E-state index >= 15 is 0 Å². The van der Waals surface area contributed by atoms with Crippen LogP contribution < -0.4 is 14.4 Å². The van der Waals surface area contributed by atoms with Crippen molar-refractivity contribution in [3.63, 3.8) is 0 Å². The number of benzene rings is 3. The van der Waals surface area contributed by atoms with Gasteiger partial charge in [-0.15, -0.1) is 0 Å². The number of carbonyl (C=O) groups excluding carboxylic acids is 2. The van der Waals surface area contributed by atoms with E-state index in [9.17, 15) is 9.59 Å². The SMILES string of the molecule is COc1ccc(C2c3cccn3-c3ccccc3N2C(=O)CN(C(=O)COc2ccccc2)C2CC2)cc1. The molecule has 1 saturated carbocycles. The molecule has 2 amide bonds. The number of hydrogen-bond acceptors (Lipinski definition) is 4. The molecule has 0 N–H and O–H groups in total. The Hall–Kier alpha value is -4.52. The maximum absolute atomic E-state index is 14.2. The number of fused-ring (bicyclic) bond motifs is 3. The number of para-hydroxylation sites is 3. The number of carbonyl (C=O) groups is 2. The van der Waals surface area contributed by atoms with Crippen molar-refractivity contribution in [1.82, 2.24) is 9.47 Å². The Morgan fingerprint density at radius 3 is 2.26 bits per heavy atom. The zero-order valence-electron chi connectivity index (χ0n) is 21.2. The summed E-state index contributed by atoms with van der Waals surface area (Å²) in [5.41, 5.74) is 3.69. The van der Waals surface area contributed by atoms with Crippen molar-refractivity contribution >= 4 is 17.5 Å². The highest BCUT2D eigenvalue weighted by molar-refractivity contribution is 6.00. The maximum atomic E-state index is 14.2. The summed E-state index contributed by atoms with van der Waals surface area (Å²) in [4.78, 5) is 31.0. The van der Waals surface area contributed by atoms with Gasteiger partial charge in [0.25, 0.3) is 5.91 Å². The van der Waals surface area contributed by atoms with Gasteiger partial charge in [-0.2, -0.15) is 0 Å². The van der Waals surface area contributed by atoms with Gasteiger partial charge in [0.1, 0.15) is 24.1 Å². The molecule has 0 saturated heterocycles. The molecule has 7 nitrogen and oxygen atoms in total. The van der Waals surface area contributed by atoms with E-state index in [0.717, 1.165) is 41.2 Å². The van der Waals surface area contributed by atoms with E-state index < -0.39 is 0 Å². The standard InChI is InChI=1S/C31H29N3O4/c1-37-24-17-13-22(14-18-24)31-28-12-7-19-32(28)26-10-5-6-11-27(26)34(31)29(35)20-33(23-15-16-23)30(36)21-38-25-8-3-2-4-9-25/h2-14,17-19,23,31H,15-16,20-21H2,1H3. The first kappa shape index (κ1) is 23.9. The highest BCUT2D eigenvalue weighted by atomic mass is 16.5. The normalized spacial score (nSPS) is 15.8. The van der Waals surface area contributed by atoms with Crippen LogP contribution in [0.2, 0.25) is 0 Å². The molecule has 38 heavy (non-hydrogen) atoms. The van der Waals surface area contributed by atoms with Gasteiger partial charge in [-0.25, -0.2) is 0 Å². The molecule has 0 spiro atoms. The number of methoxy groups -OCH3 is 1. The third kappa shape index (κ3) is 4.52. The largest absolute Gasteiger partial charge is 0.497 e. The molecule has 2 heterocycles. The summed E-state index contributed by atoms with van der Waals surface area (Å²) in [5, 5.41) is 0. The number of ether oxygens (including phenoxy) is 2. The smallest absolute Gasteiger partial charge is 0.261 e. The molecule has 1 aromatic heterocycles. The number of nitrogens with zero attached hydrogens (tertiary/aromatic N) is 3. The van der Waals surface area contributed by atoms with Gasteiger partial charge in [0.2, 0.25) is 5.91 Å². The average Bonchev–Trinajstić information content (AvgIpc) is 3.69. The van der Waals surface area contributed by atoms with Gasteiger partial charge in [-0.3, -0.25) is 14.5 Å². The van der Waals surface area contributed by atoms with E-state index in [2.05, 4.69) is 4.57 Å². The summed E-state index contributed by atoms with van der Waals surface area (Å²) in [6.45, 7) is -0.113. The van der Waals surface area contributed by atoms with Crippen molar-refractivity contribution in [2.24, 2.45) is 0 Å². The van der Waals surface area contributed by atoms with E-state index in [1.807, 2.05) is 102 Å². The van der Waals surface area contributed by atoms with Gasteiger partial charge in [-0.05, 0) is 66.9 Å². The number of anilines is 1. The molecule has 0 bridgehead atoms. The fourth-order valence-corrected chi connectivity index (χ4v) is 5.14. The molecule has 1 aliphatic heterocycles. The first-order valence-corrected chi connectivity index (χ1v) is 12.8. The summed E-state index contributed by atoms with van der Waals surface area (Å²) in [6, 6.07) is 28.7. The Kier molecular flexibility index (Phi) is 6.33. The molecule has 192 valence electrons. The fourth-order valence-electron chi connectivity index (χ4n) is 5.14. The lowest BCUT2D eigenvalue weighted by Crippen LogP contribution is -2.48. The number of aromatic nitrogens is 1. The number of rotatable bonds is 8. The molecule has 6 rings (SSSR count). The minimum atomic E-state index is -0.352. The predicted molar refractivity (Wildman–Crippen MR) is 145 cm³/mol. The van der Waals surface area contributed by atoms with Crippen molar-refractivity contribution in [2.45, 2.75) is 24.9 Å². The molecule has 7 heteroatoms. The number of hydrogen-bond donors (Lipinski definition) is 0. The van der Waals surface area contributed by atoms with Crippen molar-refractivity contribution < 1.29 is 19.1 Å². The van der Waals surface area contributed by atoms with E-state index in [4.69, 9.17) is 9.47 Å². The minimum Gasteiger partial charge on any atom is -0.497 e. The van der Waals surface area contributed by atoms with Gasteiger partial charge in [-0.1, -0.05) is 42.5 Å². The second-order valence-corrected chi connectivity index (χ2v) is 9.59. The molecular formula is C31H29N3O4. The summed E-state index contributed by atoms with van der Waals surface area (Å²) < 4.78 is 13.2. The van der Waals surface area contributed by atoms with Crippen LogP contribution in [0.4, 0.5) is 5.69 Å². The highest BCUT2D eigenvalue weighted by Crippen LogP contribution is 2.42. The van der Waals surface area contributed by atoms with Gasteiger partial charge in [0.15, 0.2) is 6.61 Å². The Morgan fingerprint density at radius 2 is 1.55 bits per heavy atom. The highest BCUT2D eigenvalue weighted by Gasteiger charge is 2.40. The first-order chi connectivity index (χ1) is 18.6. The second kappa shape index (κ2) is 10.1. The molecule has 4 aromatic rings. The average molecular weight is 508 g/mol. The molecule has 1 atom stereocenters. The molecule has 1 fully saturated rings. The lowest BCUT2D eigenvalue weighted by molar-refractivity contribution is -0.137. The fraction of sp³-hybridized carbons (Fsp3) is 0.226. The van der Waals surface area contributed by atoms with Gasteiger partial charge < -0.3 is 18.9 Å². The van der Waals surface area contributed by atoms with Crippen LogP contribution in [0, 0.1) is 0 Å². The van der Waals surface area contributed by atoms with Crippen LogP contribution in [-0.2, 0) is 9.59 Å². The molecule has 3 aromatic carbocycles. The third-order valence-corrected chi connectivity index (χ3v) is 7.14. The Balaban J connectivity index is 1.32. The Labute approximate surface area is 221 Å². The molecule has 1 unspecified atom stereocenters. The summed E-state index contributed by atoms with van der Waals surface area (Å²) in [5.74, 6) is 1.07. The Bertz CT molecular complexity index is 1440. The second-order valence-electron chi connectivity index (χ2n) is 9.59. The summed E-state index contributed by atoms with van der Waals surface area (Å²) in [6.07, 6.45) is 3.81. The topological polar surface area (TPSA) is 64.0 Å². The van der Waals surface area contributed by atoms with E-state index in [-0.39, 0.29) is 37.0 Å². The van der Waals surface area contributed by atoms with Crippen molar-refractivity contribution in [1.29, 1.82) is 0 Å². The quantitative estimate of drug-likeness (QED) is 0.337. The van der Waals surface area contributed by atoms with Crippen LogP contribution in [-0.4, -0.2) is 47.6 Å². The molecular weight excluding hydrogens is 478 g/mol. The Morgan fingerprint density at radius 1 is 0.842 bits per heavy atom. The summed E-state index contributed by atoms with van der Waals surface area (Å²) >= 11 is 0. The molecule has 2 aliphatic rings. The van der Waals surface area contributed by atoms with Crippen LogP contribution in [0.5, 0.6) is 11.5 Å². The van der Waals surface area contributed by atoms with Crippen LogP contribution in [0.15, 0.2) is 97.2 Å². The monoisotopic (exact) mass is 507 g/mol. The maximum Gasteiger partial charge on any atom is 0.261 e. The van der Waals surface area contributed by atoms with Gasteiger partial charge in [0, 0.05) is 12.2 Å². The zero-order chi connectivity index (χ0) is 26.1. The van der Waals surface area contributed by atoms with Crippen molar-refractivity contribution in [2.75, 3.05) is 25.2 Å². The lowest BCUT2D eigenvalue weighted by atomic mass is 9.97. The summed E-state index contributed by atoms with van der Waals surface area (Å²) in [7, 11) is 1.64. The third-order valence-electron chi connectivity index (χ3n) is 7.14. The lowest BCUT2D eigenvalue weighted by Gasteiger charge is -2.39. The predicted octanol–water partition coefficient (Wildman–Crippen LogP) is 4.99. The van der Waals surface area contributed by atoms with Gasteiger partial charge >= 0.3 is 0 Å². The van der Waals surface area contributed by atoms with E-state index in [0.29, 0.717) is 5.75 Å². The van der Waals surface area contributed by atoms with Crippen molar-refractivity contribution in [3.05, 3.63) is 108 Å². The van der Waals surface area contributed by atoms with Crippen LogP contribution in [0.1, 0.15) is 30.1 Å². The molecule has 0 radical (unpaired) electrons. The van der Waals surface area contributed by atoms with Crippen molar-refractivity contribution in [3.8, 4) is 17.2 Å². The molecule has 1 aliphatic carbocycles. The zero-order valence-corrected chi connectivity index (χ0v) is 21.2. The van der Waals surface area contributed by atoms with Gasteiger partial charge in [0.05, 0.1) is 24.2 Å². The van der Waals surface area contributed by atoms with E-state index in [1.165, 1.54) is 0 Å². The van der Waals surface area contributed by atoms with Crippen LogP contribution in [0.3, 0.4) is 0 Å². The van der Waals surface area contributed by atoms with Crippen LogP contribution >= 0.6 is 0 Å². The number of amides is 2. The van der Waals surface area contributed by atoms with Crippen LogP contribution in [0.25, 0.3) is 5.69 Å². The van der Waals surface area contributed by atoms with E-state index in [1.54, 1.807) is 12.0 Å². The minimum absolute atomic E-state index is 0.0106.